The molecule has 4 nitrogen and oxygen atoms in total. The average molecular weight is 448 g/mol. The van der Waals surface area contributed by atoms with Crippen molar-refractivity contribution in [1.29, 1.82) is 0 Å². The molecule has 0 saturated heterocycles. The molecule has 0 saturated carbocycles. The van der Waals surface area contributed by atoms with E-state index in [1.54, 1.807) is 0 Å². The number of hydrogen-bond donors (Lipinski definition) is 0. The maximum Gasteiger partial charge on any atom is 0.243 e. The van der Waals surface area contributed by atoms with Gasteiger partial charge < -0.3 is 9.47 Å². The Morgan fingerprint density at radius 2 is 1.52 bits per heavy atom. The van der Waals surface area contributed by atoms with Crippen molar-refractivity contribution < 1.29 is 4.79 Å². The second-order valence-electron chi connectivity index (χ2n) is 9.92. The van der Waals surface area contributed by atoms with Gasteiger partial charge in [0, 0.05) is 18.0 Å². The minimum absolute atomic E-state index is 0.0962. The minimum Gasteiger partial charge on any atom is -0.336 e. The number of amides is 1. The van der Waals surface area contributed by atoms with Gasteiger partial charge in [-0.05, 0) is 62.3 Å². The van der Waals surface area contributed by atoms with Crippen LogP contribution in [0.2, 0.25) is 0 Å². The summed E-state index contributed by atoms with van der Waals surface area (Å²) in [5.41, 5.74) is 4.56. The molecule has 2 aromatic carbocycles. The van der Waals surface area contributed by atoms with Crippen molar-refractivity contribution in [3.8, 4) is 0 Å². The van der Waals surface area contributed by atoms with Gasteiger partial charge in [0.1, 0.15) is 12.4 Å². The first-order valence-corrected chi connectivity index (χ1v) is 12.6. The summed E-state index contributed by atoms with van der Waals surface area (Å²) in [5.74, 6) is 1.86. The molecule has 0 bridgehead atoms. The molecule has 1 amide bonds. The van der Waals surface area contributed by atoms with Crippen LogP contribution in [0.1, 0.15) is 84.2 Å². The van der Waals surface area contributed by atoms with E-state index in [1.807, 2.05) is 18.2 Å². The van der Waals surface area contributed by atoms with E-state index in [0.717, 1.165) is 36.1 Å². The standard InChI is InChI=1S/C29H41N3O/c1-8-21(5)32(22(6)9-2)28(33)19-31-27-13-11-10-12-26(27)30-29(31)23(7)25-16-14-24(15-17-25)18-20(3)4/h10-17,20-23H,8-9,18-19H2,1-7H3. The molecule has 1 heterocycles. The van der Waals surface area contributed by atoms with Crippen molar-refractivity contribution in [3.05, 3.63) is 65.5 Å². The topological polar surface area (TPSA) is 38.1 Å². The maximum atomic E-state index is 13.6. The van der Waals surface area contributed by atoms with Gasteiger partial charge in [-0.2, -0.15) is 0 Å². The summed E-state index contributed by atoms with van der Waals surface area (Å²) in [4.78, 5) is 20.7. The van der Waals surface area contributed by atoms with E-state index < -0.39 is 0 Å². The van der Waals surface area contributed by atoms with E-state index >= 15 is 0 Å². The number of carbonyl (C=O) groups excluding carboxylic acids is 1. The normalized spacial score (nSPS) is 14.4. The van der Waals surface area contributed by atoms with E-state index in [0.29, 0.717) is 12.5 Å². The molecule has 0 aliphatic rings. The average Bonchev–Trinajstić information content (AvgIpc) is 3.16. The zero-order valence-corrected chi connectivity index (χ0v) is 21.5. The van der Waals surface area contributed by atoms with Crippen molar-refractivity contribution in [3.63, 3.8) is 0 Å². The molecule has 0 spiro atoms. The summed E-state index contributed by atoms with van der Waals surface area (Å²) >= 11 is 0. The molecule has 1 aromatic heterocycles. The van der Waals surface area contributed by atoms with Gasteiger partial charge in [-0.15, -0.1) is 0 Å². The molecule has 3 atom stereocenters. The zero-order chi connectivity index (χ0) is 24.1. The Labute approximate surface area is 200 Å². The summed E-state index contributed by atoms with van der Waals surface area (Å²) in [6, 6.07) is 17.5. The maximum absolute atomic E-state index is 13.6. The summed E-state index contributed by atoms with van der Waals surface area (Å²) in [6.45, 7) is 15.6. The molecular weight excluding hydrogens is 406 g/mol. The zero-order valence-electron chi connectivity index (χ0n) is 21.5. The van der Waals surface area contributed by atoms with Gasteiger partial charge in [0.05, 0.1) is 11.0 Å². The summed E-state index contributed by atoms with van der Waals surface area (Å²) in [5, 5.41) is 0. The lowest BCUT2D eigenvalue weighted by molar-refractivity contribution is -0.136. The first-order valence-electron chi connectivity index (χ1n) is 12.6. The van der Waals surface area contributed by atoms with Crippen LogP contribution in [-0.2, 0) is 17.8 Å². The Bertz CT molecular complexity index is 1040. The predicted octanol–water partition coefficient (Wildman–Crippen LogP) is 6.81. The lowest BCUT2D eigenvalue weighted by Gasteiger charge is -2.34. The van der Waals surface area contributed by atoms with Gasteiger partial charge in [-0.1, -0.05) is 71.0 Å². The lowest BCUT2D eigenvalue weighted by Crippen LogP contribution is -2.46. The van der Waals surface area contributed by atoms with Crippen LogP contribution >= 0.6 is 0 Å². The summed E-state index contributed by atoms with van der Waals surface area (Å²) in [6.07, 6.45) is 2.99. The molecule has 178 valence electrons. The number of fused-ring (bicyclic) bond motifs is 1. The third-order valence-electron chi connectivity index (χ3n) is 6.91. The molecule has 0 aliphatic heterocycles. The molecular formula is C29H41N3O. The fourth-order valence-electron chi connectivity index (χ4n) is 4.69. The molecule has 3 rings (SSSR count). The number of carbonyl (C=O) groups is 1. The van der Waals surface area contributed by atoms with Crippen molar-refractivity contribution >= 4 is 16.9 Å². The van der Waals surface area contributed by atoms with Crippen LogP contribution in [0, 0.1) is 5.92 Å². The van der Waals surface area contributed by atoms with Crippen LogP contribution < -0.4 is 0 Å². The van der Waals surface area contributed by atoms with Gasteiger partial charge >= 0.3 is 0 Å². The third kappa shape index (κ3) is 5.66. The molecule has 3 unspecified atom stereocenters. The number of benzene rings is 2. The van der Waals surface area contributed by atoms with Gasteiger partial charge in [0.15, 0.2) is 0 Å². The second kappa shape index (κ2) is 11.0. The second-order valence-corrected chi connectivity index (χ2v) is 9.92. The third-order valence-corrected chi connectivity index (χ3v) is 6.91. The Kier molecular flexibility index (Phi) is 8.34. The van der Waals surface area contributed by atoms with Crippen molar-refractivity contribution in [2.45, 2.75) is 92.3 Å². The predicted molar refractivity (Wildman–Crippen MR) is 139 cm³/mol. The van der Waals surface area contributed by atoms with Gasteiger partial charge in [-0.3, -0.25) is 4.79 Å². The van der Waals surface area contributed by atoms with Crippen molar-refractivity contribution in [1.82, 2.24) is 14.5 Å². The first kappa shape index (κ1) is 25.0. The Morgan fingerprint density at radius 3 is 2.09 bits per heavy atom. The number of nitrogens with zero attached hydrogens (tertiary/aromatic N) is 3. The molecule has 0 fully saturated rings. The highest BCUT2D eigenvalue weighted by atomic mass is 16.2. The van der Waals surface area contributed by atoms with Gasteiger partial charge in [0.2, 0.25) is 5.91 Å². The molecule has 0 radical (unpaired) electrons. The van der Waals surface area contributed by atoms with Crippen LogP contribution in [0.5, 0.6) is 0 Å². The highest BCUT2D eigenvalue weighted by Gasteiger charge is 2.26. The number of imidazole rings is 1. The van der Waals surface area contributed by atoms with Crippen LogP contribution in [0.25, 0.3) is 11.0 Å². The fraction of sp³-hybridized carbons (Fsp3) is 0.517. The number of para-hydroxylation sites is 2. The van der Waals surface area contributed by atoms with E-state index in [2.05, 4.69) is 88.3 Å². The molecule has 33 heavy (non-hydrogen) atoms. The summed E-state index contributed by atoms with van der Waals surface area (Å²) in [7, 11) is 0. The highest BCUT2D eigenvalue weighted by Crippen LogP contribution is 2.28. The van der Waals surface area contributed by atoms with E-state index in [4.69, 9.17) is 4.98 Å². The van der Waals surface area contributed by atoms with Gasteiger partial charge in [0.25, 0.3) is 0 Å². The first-order chi connectivity index (χ1) is 15.8. The Morgan fingerprint density at radius 1 is 0.909 bits per heavy atom. The number of rotatable bonds is 10. The van der Waals surface area contributed by atoms with Crippen LogP contribution in [0.4, 0.5) is 0 Å². The minimum atomic E-state index is 0.0962. The van der Waals surface area contributed by atoms with Crippen LogP contribution in [0.15, 0.2) is 48.5 Å². The highest BCUT2D eigenvalue weighted by molar-refractivity contribution is 5.81. The largest absolute Gasteiger partial charge is 0.336 e. The smallest absolute Gasteiger partial charge is 0.243 e. The molecule has 4 heteroatoms. The Balaban J connectivity index is 1.98. The van der Waals surface area contributed by atoms with E-state index in [1.165, 1.54) is 11.1 Å². The Hall–Kier alpha value is -2.62. The quantitative estimate of drug-likeness (QED) is 0.342. The van der Waals surface area contributed by atoms with Gasteiger partial charge in [-0.25, -0.2) is 4.98 Å². The fourth-order valence-corrected chi connectivity index (χ4v) is 4.69. The van der Waals surface area contributed by atoms with Crippen molar-refractivity contribution in [2.75, 3.05) is 0 Å². The monoisotopic (exact) mass is 447 g/mol. The number of aromatic nitrogens is 2. The van der Waals surface area contributed by atoms with Crippen LogP contribution in [-0.4, -0.2) is 32.4 Å². The molecule has 0 N–H and O–H groups in total. The van der Waals surface area contributed by atoms with E-state index in [-0.39, 0.29) is 23.9 Å². The van der Waals surface area contributed by atoms with Crippen LogP contribution in [0.3, 0.4) is 0 Å². The summed E-state index contributed by atoms with van der Waals surface area (Å²) < 4.78 is 2.14. The lowest BCUT2D eigenvalue weighted by atomic mass is 9.96. The van der Waals surface area contributed by atoms with E-state index in [9.17, 15) is 4.79 Å². The van der Waals surface area contributed by atoms with Crippen molar-refractivity contribution in [2.24, 2.45) is 5.92 Å². The molecule has 3 aromatic rings. The SMILES string of the molecule is CCC(C)N(C(=O)Cn1c(C(C)c2ccc(CC(C)C)cc2)nc2ccccc21)C(C)CC. The molecule has 0 aliphatic carbocycles. The number of hydrogen-bond acceptors (Lipinski definition) is 2.